The lowest BCUT2D eigenvalue weighted by molar-refractivity contribution is 0.0724. The van der Waals surface area contributed by atoms with Crippen LogP contribution in [0, 0.1) is 6.92 Å². The Morgan fingerprint density at radius 2 is 1.90 bits per heavy atom. The summed E-state index contributed by atoms with van der Waals surface area (Å²) in [6.45, 7) is 4.29. The fourth-order valence-corrected chi connectivity index (χ4v) is 5.82. The van der Waals surface area contributed by atoms with Gasteiger partial charge in [-0.3, -0.25) is 4.79 Å². The molecule has 41 heavy (non-hydrogen) atoms. The van der Waals surface area contributed by atoms with Crippen molar-refractivity contribution in [1.29, 1.82) is 0 Å². The normalized spacial score (nSPS) is 17.3. The molecule has 0 spiro atoms. The number of carbonyl (C=O) groups is 1. The van der Waals surface area contributed by atoms with Gasteiger partial charge in [-0.05, 0) is 56.7 Å². The number of aromatic nitrogens is 5. The molecule has 6 rings (SSSR count). The Morgan fingerprint density at radius 3 is 2.66 bits per heavy atom. The van der Waals surface area contributed by atoms with E-state index in [0.717, 1.165) is 63.0 Å². The standard InChI is InChI=1S/C29H36N8O4/c1-19-12-22(14-24(40-2)26(19)41-3)35-16-25(30-18-35)31-27-23-13-20(28(39)34-9-5-4-6-10-34)15-37(23)33-29(32-27)36-11-7-8-21(36)17-38/h12-16,18,21,38H,4-11,17H2,1-3H3,(H,31,32,33)/t21-/m0/s1. The van der Waals surface area contributed by atoms with E-state index in [9.17, 15) is 9.90 Å². The number of rotatable bonds is 8. The fourth-order valence-electron chi connectivity index (χ4n) is 5.82. The van der Waals surface area contributed by atoms with E-state index < -0.39 is 0 Å². The third-order valence-corrected chi connectivity index (χ3v) is 7.96. The zero-order valence-corrected chi connectivity index (χ0v) is 23.7. The summed E-state index contributed by atoms with van der Waals surface area (Å²) in [5.41, 5.74) is 3.06. The summed E-state index contributed by atoms with van der Waals surface area (Å²) in [5, 5.41) is 18.1. The van der Waals surface area contributed by atoms with Crippen molar-refractivity contribution in [2.24, 2.45) is 0 Å². The molecule has 2 fully saturated rings. The molecule has 1 atom stereocenters. The number of aliphatic hydroxyl groups excluding tert-OH is 1. The van der Waals surface area contributed by atoms with Gasteiger partial charge >= 0.3 is 0 Å². The predicted octanol–water partition coefficient (Wildman–Crippen LogP) is 3.57. The minimum absolute atomic E-state index is 0.00482. The van der Waals surface area contributed by atoms with E-state index in [1.54, 1.807) is 31.3 Å². The van der Waals surface area contributed by atoms with Crippen LogP contribution >= 0.6 is 0 Å². The van der Waals surface area contributed by atoms with E-state index >= 15 is 0 Å². The predicted molar refractivity (Wildman–Crippen MR) is 155 cm³/mol. The summed E-state index contributed by atoms with van der Waals surface area (Å²) >= 11 is 0. The molecule has 0 radical (unpaired) electrons. The van der Waals surface area contributed by atoms with Gasteiger partial charge in [-0.1, -0.05) is 0 Å². The zero-order valence-electron chi connectivity index (χ0n) is 23.7. The Kier molecular flexibility index (Phi) is 7.39. The van der Waals surface area contributed by atoms with Crippen molar-refractivity contribution in [2.75, 3.05) is 50.7 Å². The summed E-state index contributed by atoms with van der Waals surface area (Å²) in [6.07, 6.45) is 10.4. The van der Waals surface area contributed by atoms with Crippen LogP contribution in [-0.4, -0.2) is 86.6 Å². The molecule has 2 saturated heterocycles. The number of aryl methyl sites for hydroxylation is 1. The first kappa shape index (κ1) is 26.9. The largest absolute Gasteiger partial charge is 0.493 e. The van der Waals surface area contributed by atoms with Crippen LogP contribution in [0.1, 0.15) is 48.0 Å². The quantitative estimate of drug-likeness (QED) is 0.333. The van der Waals surface area contributed by atoms with Gasteiger partial charge in [-0.15, -0.1) is 5.10 Å². The number of nitrogens with one attached hydrogen (secondary N) is 1. The number of anilines is 3. The van der Waals surface area contributed by atoms with Crippen LogP contribution in [0.15, 0.2) is 36.9 Å². The average molecular weight is 561 g/mol. The second-order valence-corrected chi connectivity index (χ2v) is 10.6. The van der Waals surface area contributed by atoms with Gasteiger partial charge in [0.15, 0.2) is 17.3 Å². The number of hydrogen-bond acceptors (Lipinski definition) is 9. The minimum Gasteiger partial charge on any atom is -0.493 e. The summed E-state index contributed by atoms with van der Waals surface area (Å²) in [6, 6.07) is 5.69. The van der Waals surface area contributed by atoms with Gasteiger partial charge in [0.05, 0.1) is 44.3 Å². The molecular formula is C29H36N8O4. The van der Waals surface area contributed by atoms with Gasteiger partial charge in [0.1, 0.15) is 17.7 Å². The molecule has 5 heterocycles. The van der Waals surface area contributed by atoms with Crippen molar-refractivity contribution < 1.29 is 19.4 Å². The number of imidazole rings is 1. The van der Waals surface area contributed by atoms with E-state index in [1.807, 2.05) is 45.7 Å². The first-order valence-electron chi connectivity index (χ1n) is 14.1. The second kappa shape index (κ2) is 11.3. The van der Waals surface area contributed by atoms with Gasteiger partial charge < -0.3 is 34.3 Å². The summed E-state index contributed by atoms with van der Waals surface area (Å²) in [5.74, 6) is 2.94. The number of ether oxygens (including phenoxy) is 2. The average Bonchev–Trinajstić information content (AvgIpc) is 3.76. The van der Waals surface area contributed by atoms with Gasteiger partial charge in [-0.25, -0.2) is 9.50 Å². The maximum atomic E-state index is 13.3. The van der Waals surface area contributed by atoms with Crippen molar-refractivity contribution in [3.63, 3.8) is 0 Å². The van der Waals surface area contributed by atoms with Crippen LogP contribution in [0.5, 0.6) is 11.5 Å². The Morgan fingerprint density at radius 1 is 1.07 bits per heavy atom. The SMILES string of the molecule is COc1cc(-n2cnc(Nc3nc(N4CCC[C@H]4CO)nn4cc(C(=O)N5CCCCC5)cc34)c2)cc(C)c1OC. The van der Waals surface area contributed by atoms with Crippen LogP contribution in [0.4, 0.5) is 17.6 Å². The Balaban J connectivity index is 1.36. The number of amides is 1. The van der Waals surface area contributed by atoms with E-state index in [0.29, 0.717) is 40.2 Å². The zero-order chi connectivity index (χ0) is 28.5. The van der Waals surface area contributed by atoms with Crippen molar-refractivity contribution in [3.8, 4) is 17.2 Å². The lowest BCUT2D eigenvalue weighted by atomic mass is 10.1. The third-order valence-electron chi connectivity index (χ3n) is 7.96. The number of piperidine rings is 1. The van der Waals surface area contributed by atoms with Crippen molar-refractivity contribution >= 4 is 29.0 Å². The highest BCUT2D eigenvalue weighted by molar-refractivity contribution is 5.96. The van der Waals surface area contributed by atoms with E-state index in [-0.39, 0.29) is 18.6 Å². The topological polar surface area (TPSA) is 122 Å². The van der Waals surface area contributed by atoms with Gasteiger partial charge in [0.25, 0.3) is 5.91 Å². The summed E-state index contributed by atoms with van der Waals surface area (Å²) < 4.78 is 14.6. The molecule has 1 amide bonds. The number of nitrogens with zero attached hydrogens (tertiary/aromatic N) is 7. The van der Waals surface area contributed by atoms with Gasteiger partial charge in [-0.2, -0.15) is 4.98 Å². The molecule has 0 unspecified atom stereocenters. The Hall–Kier alpha value is -4.32. The molecule has 3 aromatic heterocycles. The lowest BCUT2D eigenvalue weighted by Crippen LogP contribution is -2.35. The van der Waals surface area contributed by atoms with Crippen LogP contribution in [-0.2, 0) is 0 Å². The summed E-state index contributed by atoms with van der Waals surface area (Å²) in [7, 11) is 3.24. The maximum absolute atomic E-state index is 13.3. The highest BCUT2D eigenvalue weighted by Crippen LogP contribution is 2.34. The number of carbonyl (C=O) groups excluding carboxylic acids is 1. The molecule has 12 heteroatoms. The van der Waals surface area contributed by atoms with Crippen LogP contribution in [0.2, 0.25) is 0 Å². The van der Waals surface area contributed by atoms with E-state index in [2.05, 4.69) is 10.3 Å². The number of methoxy groups -OCH3 is 2. The minimum atomic E-state index is -0.0437. The van der Waals surface area contributed by atoms with E-state index in [4.69, 9.17) is 19.6 Å². The van der Waals surface area contributed by atoms with Crippen molar-refractivity contribution in [3.05, 3.63) is 48.0 Å². The lowest BCUT2D eigenvalue weighted by Gasteiger charge is -2.26. The molecular weight excluding hydrogens is 524 g/mol. The number of fused-ring (bicyclic) bond motifs is 1. The highest BCUT2D eigenvalue weighted by Gasteiger charge is 2.28. The summed E-state index contributed by atoms with van der Waals surface area (Å²) in [4.78, 5) is 26.7. The number of aliphatic hydroxyl groups is 1. The molecule has 216 valence electrons. The smallest absolute Gasteiger partial charge is 0.255 e. The number of benzene rings is 1. The van der Waals surface area contributed by atoms with Gasteiger partial charge in [0.2, 0.25) is 5.95 Å². The third kappa shape index (κ3) is 5.15. The molecule has 0 aliphatic carbocycles. The van der Waals surface area contributed by atoms with Crippen LogP contribution < -0.4 is 19.7 Å². The second-order valence-electron chi connectivity index (χ2n) is 10.6. The van der Waals surface area contributed by atoms with Crippen LogP contribution in [0.25, 0.3) is 11.2 Å². The van der Waals surface area contributed by atoms with Crippen molar-refractivity contribution in [1.82, 2.24) is 29.0 Å². The molecule has 2 aliphatic heterocycles. The van der Waals surface area contributed by atoms with Crippen LogP contribution in [0.3, 0.4) is 0 Å². The molecule has 0 saturated carbocycles. The highest BCUT2D eigenvalue weighted by atomic mass is 16.5. The monoisotopic (exact) mass is 560 g/mol. The Bertz CT molecular complexity index is 1560. The molecule has 12 nitrogen and oxygen atoms in total. The molecule has 0 bridgehead atoms. The molecule has 2 N–H and O–H groups in total. The van der Waals surface area contributed by atoms with Gasteiger partial charge in [0, 0.05) is 31.9 Å². The van der Waals surface area contributed by atoms with E-state index in [1.165, 1.54) is 0 Å². The first-order valence-corrected chi connectivity index (χ1v) is 14.1. The molecule has 4 aromatic rings. The first-order chi connectivity index (χ1) is 20.0. The maximum Gasteiger partial charge on any atom is 0.255 e. The molecule has 2 aliphatic rings. The molecule has 1 aromatic carbocycles. The number of likely N-dealkylation sites (tertiary alicyclic amines) is 1. The number of hydrogen-bond donors (Lipinski definition) is 2. The fraction of sp³-hybridized carbons (Fsp3) is 0.448. The van der Waals surface area contributed by atoms with Crippen molar-refractivity contribution in [2.45, 2.75) is 45.1 Å². The Labute approximate surface area is 238 Å².